The minimum atomic E-state index is -3.79. The first kappa shape index (κ1) is 19.5. The highest BCUT2D eigenvalue weighted by Crippen LogP contribution is 2.33. The van der Waals surface area contributed by atoms with Crippen molar-refractivity contribution in [2.75, 3.05) is 31.6 Å². The zero-order valence-corrected chi connectivity index (χ0v) is 16.2. The largest absolute Gasteiger partial charge is 0.379 e. The fourth-order valence-electron chi connectivity index (χ4n) is 2.68. The highest BCUT2D eigenvalue weighted by molar-refractivity contribution is 7.91. The average molecular weight is 409 g/mol. The van der Waals surface area contributed by atoms with Crippen molar-refractivity contribution in [1.29, 1.82) is 0 Å². The van der Waals surface area contributed by atoms with Crippen LogP contribution in [-0.2, 0) is 14.8 Å². The highest BCUT2D eigenvalue weighted by atomic mass is 32.2. The van der Waals surface area contributed by atoms with Gasteiger partial charge in [-0.2, -0.15) is 4.31 Å². The molecule has 0 bridgehead atoms. The number of anilines is 1. The van der Waals surface area contributed by atoms with Gasteiger partial charge in [-0.3, -0.25) is 9.59 Å². The maximum absolute atomic E-state index is 12.8. The van der Waals surface area contributed by atoms with Crippen molar-refractivity contribution < 1.29 is 22.7 Å². The monoisotopic (exact) mass is 409 g/mol. The number of ether oxygens (including phenoxy) is 1. The van der Waals surface area contributed by atoms with Crippen molar-refractivity contribution >= 4 is 38.2 Å². The molecule has 1 aromatic carbocycles. The molecule has 0 atom stereocenters. The Morgan fingerprint density at radius 3 is 2.48 bits per heavy atom. The number of rotatable bonds is 5. The summed E-state index contributed by atoms with van der Waals surface area (Å²) < 4.78 is 32.0. The van der Waals surface area contributed by atoms with Crippen molar-refractivity contribution in [3.63, 3.8) is 0 Å². The summed E-state index contributed by atoms with van der Waals surface area (Å²) in [5.41, 5.74) is 6.54. The predicted octanol–water partition coefficient (Wildman–Crippen LogP) is 1.43. The number of primary amides is 1. The number of thiophene rings is 1. The number of nitrogens with one attached hydrogen (secondary N) is 1. The van der Waals surface area contributed by atoms with Gasteiger partial charge < -0.3 is 15.8 Å². The number of amides is 2. The standard InChI is InChI=1S/C17H19N3O5S2/c1-11-4-2-3-5-12(11)16(22)19-17-13(15(18)21)10-14(26-17)27(23,24)20-6-8-25-9-7-20/h2-5,10H,6-9H2,1H3,(H2,18,21)(H,19,22). The van der Waals surface area contributed by atoms with Crippen LogP contribution >= 0.6 is 11.3 Å². The molecule has 27 heavy (non-hydrogen) atoms. The first-order valence-corrected chi connectivity index (χ1v) is 10.4. The first-order chi connectivity index (χ1) is 12.8. The number of morpholine rings is 1. The van der Waals surface area contributed by atoms with E-state index in [0.29, 0.717) is 18.8 Å². The second-order valence-corrected chi connectivity index (χ2v) is 9.17. The summed E-state index contributed by atoms with van der Waals surface area (Å²) in [6.07, 6.45) is 0. The van der Waals surface area contributed by atoms with Gasteiger partial charge in [-0.15, -0.1) is 11.3 Å². The zero-order valence-electron chi connectivity index (χ0n) is 14.6. The molecule has 144 valence electrons. The van der Waals surface area contributed by atoms with Crippen LogP contribution in [-0.4, -0.2) is 50.8 Å². The number of benzene rings is 1. The first-order valence-electron chi connectivity index (χ1n) is 8.19. The number of hydrogen-bond acceptors (Lipinski definition) is 6. The van der Waals surface area contributed by atoms with E-state index in [1.807, 2.05) is 0 Å². The topological polar surface area (TPSA) is 119 Å². The summed E-state index contributed by atoms with van der Waals surface area (Å²) in [6, 6.07) is 8.17. The van der Waals surface area contributed by atoms with Gasteiger partial charge in [0.15, 0.2) is 0 Å². The normalized spacial score (nSPS) is 15.4. The van der Waals surface area contributed by atoms with Gasteiger partial charge in [0, 0.05) is 18.7 Å². The second kappa shape index (κ2) is 7.77. The summed E-state index contributed by atoms with van der Waals surface area (Å²) in [6.45, 7) is 2.87. The number of carbonyl (C=O) groups is 2. The van der Waals surface area contributed by atoms with Crippen LogP contribution in [0.3, 0.4) is 0 Å². The van der Waals surface area contributed by atoms with E-state index in [0.717, 1.165) is 16.9 Å². The van der Waals surface area contributed by atoms with Gasteiger partial charge >= 0.3 is 0 Å². The fourth-order valence-corrected chi connectivity index (χ4v) is 5.61. The van der Waals surface area contributed by atoms with Crippen molar-refractivity contribution in [3.8, 4) is 0 Å². The van der Waals surface area contributed by atoms with Crippen LogP contribution in [0.25, 0.3) is 0 Å². The van der Waals surface area contributed by atoms with Gasteiger partial charge in [-0.1, -0.05) is 18.2 Å². The Kier molecular flexibility index (Phi) is 5.61. The lowest BCUT2D eigenvalue weighted by Gasteiger charge is -2.25. The van der Waals surface area contributed by atoms with Crippen LogP contribution in [0.15, 0.2) is 34.5 Å². The minimum absolute atomic E-state index is 0.0335. The van der Waals surface area contributed by atoms with Gasteiger partial charge in [0.2, 0.25) is 0 Å². The lowest BCUT2D eigenvalue weighted by atomic mass is 10.1. The highest BCUT2D eigenvalue weighted by Gasteiger charge is 2.30. The molecule has 0 spiro atoms. The van der Waals surface area contributed by atoms with Gasteiger partial charge in [-0.25, -0.2) is 8.42 Å². The Hall–Kier alpha value is -2.27. The quantitative estimate of drug-likeness (QED) is 0.774. The number of sulfonamides is 1. The smallest absolute Gasteiger partial charge is 0.256 e. The minimum Gasteiger partial charge on any atom is -0.379 e. The van der Waals surface area contributed by atoms with E-state index in [1.165, 1.54) is 10.4 Å². The Bertz CT molecular complexity index is 978. The van der Waals surface area contributed by atoms with Crippen molar-refractivity contribution in [2.24, 2.45) is 5.73 Å². The SMILES string of the molecule is Cc1ccccc1C(=O)Nc1sc(S(=O)(=O)N2CCOCC2)cc1C(N)=O. The summed E-state index contributed by atoms with van der Waals surface area (Å²) in [5.74, 6) is -1.25. The summed E-state index contributed by atoms with van der Waals surface area (Å²) in [7, 11) is -3.79. The van der Waals surface area contributed by atoms with E-state index >= 15 is 0 Å². The average Bonchev–Trinajstić information content (AvgIpc) is 3.07. The van der Waals surface area contributed by atoms with E-state index < -0.39 is 21.8 Å². The van der Waals surface area contributed by atoms with E-state index in [2.05, 4.69) is 5.32 Å². The summed E-state index contributed by atoms with van der Waals surface area (Å²) >= 11 is 0.814. The van der Waals surface area contributed by atoms with Crippen molar-refractivity contribution in [1.82, 2.24) is 4.31 Å². The van der Waals surface area contributed by atoms with E-state index in [1.54, 1.807) is 31.2 Å². The van der Waals surface area contributed by atoms with Crippen LogP contribution < -0.4 is 11.1 Å². The third kappa shape index (κ3) is 4.03. The van der Waals surface area contributed by atoms with Gasteiger partial charge in [0.05, 0.1) is 18.8 Å². The molecule has 0 aliphatic carbocycles. The molecule has 1 saturated heterocycles. The van der Waals surface area contributed by atoms with Crippen molar-refractivity contribution in [3.05, 3.63) is 47.0 Å². The van der Waals surface area contributed by atoms with Crippen LogP contribution in [0.2, 0.25) is 0 Å². The maximum atomic E-state index is 12.8. The number of carbonyl (C=O) groups excluding carboxylic acids is 2. The molecule has 0 unspecified atom stereocenters. The lowest BCUT2D eigenvalue weighted by molar-refractivity contribution is 0.0731. The van der Waals surface area contributed by atoms with Crippen molar-refractivity contribution in [2.45, 2.75) is 11.1 Å². The van der Waals surface area contributed by atoms with E-state index in [4.69, 9.17) is 10.5 Å². The van der Waals surface area contributed by atoms with Gasteiger partial charge in [0.25, 0.3) is 21.8 Å². The third-order valence-electron chi connectivity index (χ3n) is 4.16. The molecule has 1 aliphatic heterocycles. The zero-order chi connectivity index (χ0) is 19.6. The molecule has 10 heteroatoms. The molecule has 8 nitrogen and oxygen atoms in total. The van der Waals surface area contributed by atoms with Gasteiger partial charge in [0.1, 0.15) is 9.21 Å². The molecule has 1 aliphatic rings. The lowest BCUT2D eigenvalue weighted by Crippen LogP contribution is -2.40. The fraction of sp³-hybridized carbons (Fsp3) is 0.294. The van der Waals surface area contributed by atoms with Crippen LogP contribution in [0, 0.1) is 6.92 Å². The van der Waals surface area contributed by atoms with Crippen LogP contribution in [0.4, 0.5) is 5.00 Å². The number of nitrogens with two attached hydrogens (primary N) is 1. The number of hydrogen-bond donors (Lipinski definition) is 2. The second-order valence-electron chi connectivity index (χ2n) is 5.96. The van der Waals surface area contributed by atoms with E-state index in [9.17, 15) is 18.0 Å². The molecule has 2 amide bonds. The summed E-state index contributed by atoms with van der Waals surface area (Å²) in [5, 5.41) is 2.73. The molecule has 0 radical (unpaired) electrons. The molecular weight excluding hydrogens is 390 g/mol. The molecule has 1 aromatic heterocycles. The molecule has 3 rings (SSSR count). The number of aryl methyl sites for hydroxylation is 1. The Balaban J connectivity index is 1.93. The maximum Gasteiger partial charge on any atom is 0.256 e. The van der Waals surface area contributed by atoms with E-state index in [-0.39, 0.29) is 27.9 Å². The summed E-state index contributed by atoms with van der Waals surface area (Å²) in [4.78, 5) is 24.3. The molecule has 0 saturated carbocycles. The van der Waals surface area contributed by atoms with Crippen LogP contribution in [0.5, 0.6) is 0 Å². The Morgan fingerprint density at radius 1 is 1.19 bits per heavy atom. The molecule has 2 heterocycles. The molecular formula is C17H19N3O5S2. The van der Waals surface area contributed by atoms with Crippen LogP contribution in [0.1, 0.15) is 26.3 Å². The Morgan fingerprint density at radius 2 is 1.85 bits per heavy atom. The number of nitrogens with zero attached hydrogens (tertiary/aromatic N) is 1. The molecule has 1 fully saturated rings. The predicted molar refractivity (Wildman–Crippen MR) is 102 cm³/mol. The Labute approximate surface area is 161 Å². The third-order valence-corrected chi connectivity index (χ3v) is 7.55. The molecule has 2 aromatic rings. The molecule has 3 N–H and O–H groups in total. The van der Waals surface area contributed by atoms with Gasteiger partial charge in [-0.05, 0) is 24.6 Å².